The van der Waals surface area contributed by atoms with Gasteiger partial charge in [0.25, 0.3) is 10.0 Å². The molecule has 2 N–H and O–H groups in total. The first-order valence-electron chi connectivity index (χ1n) is 9.50. The van der Waals surface area contributed by atoms with Gasteiger partial charge in [0, 0.05) is 24.6 Å². The van der Waals surface area contributed by atoms with Gasteiger partial charge in [-0.05, 0) is 38.2 Å². The smallest absolute Gasteiger partial charge is 0.263 e. The maximum Gasteiger partial charge on any atom is 0.263 e. The number of hydrogen-bond acceptors (Lipinski definition) is 5. The van der Waals surface area contributed by atoms with Crippen LogP contribution in [0.4, 0.5) is 0 Å². The van der Waals surface area contributed by atoms with E-state index in [2.05, 4.69) is 32.1 Å². The Hall–Kier alpha value is -2.71. The Labute approximate surface area is 171 Å². The lowest BCUT2D eigenvalue weighted by molar-refractivity contribution is -0.121. The largest absolute Gasteiger partial charge is 0.354 e. The van der Waals surface area contributed by atoms with Crippen molar-refractivity contribution >= 4 is 21.8 Å². The molecule has 0 spiro atoms. The van der Waals surface area contributed by atoms with Gasteiger partial charge in [0.05, 0.1) is 11.4 Å². The molecule has 1 heterocycles. The van der Waals surface area contributed by atoms with Crippen molar-refractivity contribution in [1.82, 2.24) is 14.9 Å². The molecule has 1 aliphatic heterocycles. The van der Waals surface area contributed by atoms with E-state index in [1.165, 1.54) is 5.56 Å². The molecule has 2 aromatic carbocycles. The van der Waals surface area contributed by atoms with E-state index < -0.39 is 10.0 Å². The normalized spacial score (nSPS) is 17.0. The van der Waals surface area contributed by atoms with Gasteiger partial charge in [0.1, 0.15) is 5.84 Å². The van der Waals surface area contributed by atoms with Crippen LogP contribution in [0, 0.1) is 0 Å². The standard InChI is InChI=1S/C21H26N4O3S/c1-25(2)17(14-16-8-4-3-5-9-16)15-23-20(26)12-13-22-21-18-10-6-7-11-19(18)29(27,28)24-21/h3-11,17H,12-15H2,1-2H3,(H,22,24)(H,23,26). The highest BCUT2D eigenvalue weighted by atomic mass is 32.2. The predicted molar refractivity (Wildman–Crippen MR) is 113 cm³/mol. The monoisotopic (exact) mass is 414 g/mol. The fourth-order valence-corrected chi connectivity index (χ4v) is 4.42. The van der Waals surface area contributed by atoms with Crippen LogP contribution < -0.4 is 10.0 Å². The lowest BCUT2D eigenvalue weighted by Gasteiger charge is -2.24. The number of sulfonamides is 1. The molecule has 0 aromatic heterocycles. The maximum atomic E-state index is 12.2. The highest BCUT2D eigenvalue weighted by molar-refractivity contribution is 7.90. The number of amidine groups is 1. The zero-order chi connectivity index (χ0) is 20.9. The molecule has 0 radical (unpaired) electrons. The van der Waals surface area contributed by atoms with Crippen LogP contribution in [0.1, 0.15) is 17.5 Å². The van der Waals surface area contributed by atoms with E-state index in [1.54, 1.807) is 24.3 Å². The summed E-state index contributed by atoms with van der Waals surface area (Å²) in [6.45, 7) is 0.746. The summed E-state index contributed by atoms with van der Waals surface area (Å²) < 4.78 is 26.6. The molecule has 0 saturated heterocycles. The molecule has 7 nitrogen and oxygen atoms in total. The summed E-state index contributed by atoms with van der Waals surface area (Å²) in [5.41, 5.74) is 1.77. The number of nitrogens with one attached hydrogen (secondary N) is 2. The molecule has 1 amide bonds. The second kappa shape index (κ2) is 9.19. The van der Waals surface area contributed by atoms with Crippen LogP contribution in [-0.4, -0.2) is 58.3 Å². The number of carbonyl (C=O) groups excluding carboxylic acids is 1. The third-order valence-corrected chi connectivity index (χ3v) is 6.25. The summed E-state index contributed by atoms with van der Waals surface area (Å²) in [7, 11) is 0.438. The van der Waals surface area contributed by atoms with Crippen molar-refractivity contribution in [3.63, 3.8) is 0 Å². The molecule has 1 aliphatic rings. The average Bonchev–Trinajstić information content (AvgIpc) is 2.96. The van der Waals surface area contributed by atoms with Gasteiger partial charge in [-0.2, -0.15) is 0 Å². The topological polar surface area (TPSA) is 90.9 Å². The number of likely N-dealkylation sites (N-methyl/N-ethyl adjacent to an activating group) is 1. The molecule has 0 aliphatic carbocycles. The van der Waals surface area contributed by atoms with Crippen LogP contribution in [0.5, 0.6) is 0 Å². The summed E-state index contributed by atoms with van der Waals surface area (Å²) in [6, 6.07) is 17.0. The molecule has 29 heavy (non-hydrogen) atoms. The number of benzene rings is 2. The Kier molecular flexibility index (Phi) is 6.66. The van der Waals surface area contributed by atoms with Gasteiger partial charge in [-0.25, -0.2) is 8.42 Å². The first kappa shape index (κ1) is 21.0. The third-order valence-electron chi connectivity index (χ3n) is 4.85. The molecule has 0 fully saturated rings. The van der Waals surface area contributed by atoms with Crippen molar-refractivity contribution in [3.05, 3.63) is 65.7 Å². The SMILES string of the molecule is CN(C)C(CNC(=O)CCN=C1NS(=O)(=O)c2ccccc21)Cc1ccccc1. The third kappa shape index (κ3) is 5.42. The lowest BCUT2D eigenvalue weighted by Crippen LogP contribution is -2.41. The van der Waals surface area contributed by atoms with Crippen LogP contribution in [0.25, 0.3) is 0 Å². The lowest BCUT2D eigenvalue weighted by atomic mass is 10.1. The van der Waals surface area contributed by atoms with E-state index in [9.17, 15) is 13.2 Å². The van der Waals surface area contributed by atoms with Crippen LogP contribution >= 0.6 is 0 Å². The highest BCUT2D eigenvalue weighted by Gasteiger charge is 2.29. The van der Waals surface area contributed by atoms with Gasteiger partial charge < -0.3 is 10.2 Å². The molecule has 1 atom stereocenters. The number of hydrogen-bond donors (Lipinski definition) is 2. The second-order valence-electron chi connectivity index (χ2n) is 7.19. The summed E-state index contributed by atoms with van der Waals surface area (Å²) >= 11 is 0. The molecular weight excluding hydrogens is 388 g/mol. The fourth-order valence-electron chi connectivity index (χ4n) is 3.16. The molecule has 0 bridgehead atoms. The Bertz CT molecular complexity index is 988. The number of carbonyl (C=O) groups is 1. The quantitative estimate of drug-likeness (QED) is 0.683. The van der Waals surface area contributed by atoms with Gasteiger partial charge in [-0.15, -0.1) is 0 Å². The molecule has 3 rings (SSSR count). The summed E-state index contributed by atoms with van der Waals surface area (Å²) in [5.74, 6) is 0.187. The Morgan fingerprint density at radius 3 is 2.52 bits per heavy atom. The molecule has 8 heteroatoms. The van der Waals surface area contributed by atoms with Crippen molar-refractivity contribution in [3.8, 4) is 0 Å². The minimum Gasteiger partial charge on any atom is -0.354 e. The van der Waals surface area contributed by atoms with Gasteiger partial charge >= 0.3 is 0 Å². The minimum atomic E-state index is -3.55. The molecule has 0 saturated carbocycles. The van der Waals surface area contributed by atoms with Crippen LogP contribution in [0.2, 0.25) is 0 Å². The Morgan fingerprint density at radius 2 is 1.79 bits per heavy atom. The first-order valence-corrected chi connectivity index (χ1v) is 11.0. The zero-order valence-corrected chi connectivity index (χ0v) is 17.4. The van der Waals surface area contributed by atoms with Crippen molar-refractivity contribution in [2.75, 3.05) is 27.2 Å². The average molecular weight is 415 g/mol. The highest BCUT2D eigenvalue weighted by Crippen LogP contribution is 2.22. The molecule has 154 valence electrons. The minimum absolute atomic E-state index is 0.108. The van der Waals surface area contributed by atoms with Crippen molar-refractivity contribution in [2.24, 2.45) is 4.99 Å². The van der Waals surface area contributed by atoms with Crippen molar-refractivity contribution in [2.45, 2.75) is 23.8 Å². The molecule has 2 aromatic rings. The second-order valence-corrected chi connectivity index (χ2v) is 8.84. The number of nitrogens with zero attached hydrogens (tertiary/aromatic N) is 2. The first-order chi connectivity index (χ1) is 13.9. The van der Waals surface area contributed by atoms with E-state index in [0.29, 0.717) is 17.9 Å². The van der Waals surface area contributed by atoms with Gasteiger partial charge in [-0.3, -0.25) is 14.5 Å². The summed E-state index contributed by atoms with van der Waals surface area (Å²) in [4.78, 5) is 18.8. The van der Waals surface area contributed by atoms with Crippen LogP contribution in [0.15, 0.2) is 64.5 Å². The van der Waals surface area contributed by atoms with Crippen molar-refractivity contribution < 1.29 is 13.2 Å². The van der Waals surface area contributed by atoms with E-state index in [-0.39, 0.29) is 29.8 Å². The number of rotatable bonds is 8. The van der Waals surface area contributed by atoms with E-state index in [0.717, 1.165) is 6.42 Å². The van der Waals surface area contributed by atoms with Crippen LogP contribution in [0.3, 0.4) is 0 Å². The fraction of sp³-hybridized carbons (Fsp3) is 0.333. The molecule has 1 unspecified atom stereocenters. The predicted octanol–water partition coefficient (Wildman–Crippen LogP) is 1.40. The van der Waals surface area contributed by atoms with E-state index in [4.69, 9.17) is 0 Å². The maximum absolute atomic E-state index is 12.2. The number of aliphatic imine (C=N–C) groups is 1. The summed E-state index contributed by atoms with van der Waals surface area (Å²) in [6.07, 6.45) is 1.04. The van der Waals surface area contributed by atoms with E-state index in [1.807, 2.05) is 32.3 Å². The van der Waals surface area contributed by atoms with Gasteiger partial charge in [0.2, 0.25) is 5.91 Å². The summed E-state index contributed by atoms with van der Waals surface area (Å²) in [5, 5.41) is 2.96. The van der Waals surface area contributed by atoms with Gasteiger partial charge in [0.15, 0.2) is 0 Å². The number of amides is 1. The van der Waals surface area contributed by atoms with Crippen LogP contribution in [-0.2, 0) is 21.2 Å². The van der Waals surface area contributed by atoms with E-state index >= 15 is 0 Å². The Balaban J connectivity index is 1.52. The zero-order valence-electron chi connectivity index (χ0n) is 16.6. The van der Waals surface area contributed by atoms with Crippen molar-refractivity contribution in [1.29, 1.82) is 0 Å². The number of fused-ring (bicyclic) bond motifs is 1. The van der Waals surface area contributed by atoms with Gasteiger partial charge in [-0.1, -0.05) is 42.5 Å². The molecular formula is C21H26N4O3S. The Morgan fingerprint density at radius 1 is 1.10 bits per heavy atom.